The van der Waals surface area contributed by atoms with Crippen LogP contribution in [-0.2, 0) is 11.2 Å². The van der Waals surface area contributed by atoms with Crippen molar-refractivity contribution in [3.8, 4) is 23.1 Å². The minimum Gasteiger partial charge on any atom is -0.475 e. The molecule has 0 saturated carbocycles. The van der Waals surface area contributed by atoms with E-state index in [1.165, 1.54) is 16.5 Å². The molecule has 0 bridgehead atoms. The average Bonchev–Trinajstić information content (AvgIpc) is 3.46. The molecule has 3 aliphatic heterocycles. The highest BCUT2D eigenvalue weighted by Crippen LogP contribution is 2.44. The van der Waals surface area contributed by atoms with Gasteiger partial charge in [0, 0.05) is 46.5 Å². The van der Waals surface area contributed by atoms with Gasteiger partial charge in [0.15, 0.2) is 0 Å². The Bertz CT molecular complexity index is 1700. The highest BCUT2D eigenvalue weighted by atomic mass is 35.5. The quantitative estimate of drug-likeness (QED) is 0.233. The van der Waals surface area contributed by atoms with Crippen LogP contribution < -0.4 is 9.64 Å². The van der Waals surface area contributed by atoms with E-state index in [9.17, 15) is 10.1 Å². The van der Waals surface area contributed by atoms with Crippen molar-refractivity contribution in [3.63, 3.8) is 0 Å². The van der Waals surface area contributed by atoms with Gasteiger partial charge in [0.25, 0.3) is 0 Å². The van der Waals surface area contributed by atoms with Gasteiger partial charge < -0.3 is 24.3 Å². The van der Waals surface area contributed by atoms with Crippen molar-refractivity contribution in [3.05, 3.63) is 70.6 Å². The first-order valence-electron chi connectivity index (χ1n) is 15.1. The third-order valence-electron chi connectivity index (χ3n) is 8.99. The fourth-order valence-corrected chi connectivity index (χ4v) is 8.13. The molecule has 2 fully saturated rings. The Labute approximate surface area is 268 Å². The molecule has 0 aliphatic carbocycles. The molecule has 4 heterocycles. The number of likely N-dealkylation sites (N-methyl/N-ethyl adjacent to an activating group) is 1. The Morgan fingerprint density at radius 3 is 2.89 bits per heavy atom. The first kappa shape index (κ1) is 30.3. The molecule has 0 unspecified atom stereocenters. The molecule has 8 nitrogen and oxygen atoms in total. The summed E-state index contributed by atoms with van der Waals surface area (Å²) in [4.78, 5) is 28.5. The zero-order chi connectivity index (χ0) is 30.8. The topological polar surface area (TPSA) is 77.1 Å². The van der Waals surface area contributed by atoms with E-state index in [4.69, 9.17) is 27.9 Å². The van der Waals surface area contributed by atoms with E-state index < -0.39 is 0 Å². The number of ether oxygens (including phenoxy) is 1. The van der Waals surface area contributed by atoms with Crippen LogP contribution in [0.2, 0.25) is 5.02 Å². The molecule has 3 aromatic rings. The van der Waals surface area contributed by atoms with Gasteiger partial charge in [-0.05, 0) is 74.4 Å². The molecule has 0 N–H and O–H groups in total. The summed E-state index contributed by atoms with van der Waals surface area (Å²) in [5, 5.41) is 11.9. The van der Waals surface area contributed by atoms with Crippen molar-refractivity contribution in [2.24, 2.45) is 0 Å². The third kappa shape index (κ3) is 5.73. The van der Waals surface area contributed by atoms with Gasteiger partial charge in [-0.2, -0.15) is 5.26 Å². The predicted octanol–water partition coefficient (Wildman–Crippen LogP) is 6.06. The predicted molar refractivity (Wildman–Crippen MR) is 176 cm³/mol. The average molecular weight is 627 g/mol. The number of carbonyl (C=O) groups excluding carboxylic acids is 1. The van der Waals surface area contributed by atoms with Gasteiger partial charge in [0.05, 0.1) is 11.2 Å². The lowest BCUT2D eigenvalue weighted by Gasteiger charge is -2.40. The molecule has 10 heteroatoms. The van der Waals surface area contributed by atoms with Gasteiger partial charge in [0.2, 0.25) is 18.3 Å². The zero-order valence-electron chi connectivity index (χ0n) is 24.9. The lowest BCUT2D eigenvalue weighted by molar-refractivity contribution is -0.128. The van der Waals surface area contributed by atoms with Gasteiger partial charge in [-0.15, -0.1) is 11.8 Å². The molecule has 1 amide bonds. The standard InChI is InChI=1S/C34H35ClN6O2S/c1-4-31(42)41-14-13-40(20-24(41)19-37-2)32-27-16-29(35)26(25-11-5-8-22-9-7-15-44-33(22)25)17-30(27)38-34(28(32)18-36)43-21-23-10-6-12-39(23)3/h4-5,8,11,16-17,23-24H,1,6-7,9-10,12-15,19-21H2,3H3/t23-,24-/m0/s1. The second-order valence-electron chi connectivity index (χ2n) is 11.6. The van der Waals surface area contributed by atoms with E-state index in [1.54, 1.807) is 4.90 Å². The van der Waals surface area contributed by atoms with Crippen LogP contribution in [0.3, 0.4) is 0 Å². The normalized spacial score (nSPS) is 20.2. The molecule has 2 saturated heterocycles. The molecule has 0 spiro atoms. The molecule has 6 rings (SSSR count). The van der Waals surface area contributed by atoms with Crippen molar-refractivity contribution >= 4 is 45.9 Å². The van der Waals surface area contributed by atoms with Crippen molar-refractivity contribution in [1.29, 1.82) is 5.26 Å². The van der Waals surface area contributed by atoms with Crippen LogP contribution in [0, 0.1) is 17.9 Å². The van der Waals surface area contributed by atoms with E-state index in [2.05, 4.69) is 52.5 Å². The number of halogens is 1. The molecule has 2 atom stereocenters. The number of aromatic nitrogens is 1. The van der Waals surface area contributed by atoms with Gasteiger partial charge in [0.1, 0.15) is 24.3 Å². The first-order valence-corrected chi connectivity index (χ1v) is 16.5. The minimum absolute atomic E-state index is 0.153. The largest absolute Gasteiger partial charge is 0.475 e. The number of carbonyl (C=O) groups is 1. The second kappa shape index (κ2) is 13.1. The molecule has 2 aromatic carbocycles. The second-order valence-corrected chi connectivity index (χ2v) is 13.1. The Kier molecular flexibility index (Phi) is 9.00. The maximum Gasteiger partial charge on any atom is 0.246 e. The summed E-state index contributed by atoms with van der Waals surface area (Å²) in [7, 11) is 2.10. The van der Waals surface area contributed by atoms with Crippen molar-refractivity contribution in [1.82, 2.24) is 14.8 Å². The number of piperazine rings is 1. The summed E-state index contributed by atoms with van der Waals surface area (Å²) in [6.07, 6.45) is 5.65. The number of nitriles is 1. The lowest BCUT2D eigenvalue weighted by atomic mass is 9.97. The van der Waals surface area contributed by atoms with E-state index >= 15 is 0 Å². The number of aryl methyl sites for hydroxylation is 1. The van der Waals surface area contributed by atoms with Gasteiger partial charge in [-0.1, -0.05) is 36.4 Å². The van der Waals surface area contributed by atoms with Crippen LogP contribution in [0.15, 0.2) is 47.9 Å². The summed E-state index contributed by atoms with van der Waals surface area (Å²) in [6, 6.07) is 12.6. The SMILES string of the molecule is [C-]#[N+]C[C@H]1CN(c2c(C#N)c(OC[C@@H]3CCCN3C)nc3cc(-c4cccc5c4SCCC5)c(Cl)cc23)CCN1C(=O)C=C. The van der Waals surface area contributed by atoms with Crippen LogP contribution >= 0.6 is 23.4 Å². The van der Waals surface area contributed by atoms with Crippen molar-refractivity contribution < 1.29 is 9.53 Å². The number of amides is 1. The number of benzene rings is 2. The number of hydrogen-bond donors (Lipinski definition) is 0. The monoisotopic (exact) mass is 626 g/mol. The summed E-state index contributed by atoms with van der Waals surface area (Å²) in [5.74, 6) is 1.18. The Morgan fingerprint density at radius 1 is 1.27 bits per heavy atom. The summed E-state index contributed by atoms with van der Waals surface area (Å²) < 4.78 is 6.37. The van der Waals surface area contributed by atoms with Gasteiger partial charge in [-0.25, -0.2) is 11.6 Å². The fraction of sp³-hybridized carbons (Fsp3) is 0.412. The number of likely N-dealkylation sites (tertiary alicyclic amines) is 1. The highest BCUT2D eigenvalue weighted by molar-refractivity contribution is 7.99. The molecule has 44 heavy (non-hydrogen) atoms. The van der Waals surface area contributed by atoms with Gasteiger partial charge in [-0.3, -0.25) is 4.79 Å². The lowest BCUT2D eigenvalue weighted by Crippen LogP contribution is -2.56. The highest BCUT2D eigenvalue weighted by Gasteiger charge is 2.34. The Balaban J connectivity index is 1.49. The van der Waals surface area contributed by atoms with E-state index in [0.717, 1.165) is 54.5 Å². The summed E-state index contributed by atoms with van der Waals surface area (Å²) in [5.41, 5.74) is 5.06. The van der Waals surface area contributed by atoms with E-state index in [0.29, 0.717) is 53.9 Å². The van der Waals surface area contributed by atoms with E-state index in [1.807, 2.05) is 23.9 Å². The number of rotatable bonds is 7. The maximum atomic E-state index is 12.6. The smallest absolute Gasteiger partial charge is 0.246 e. The third-order valence-corrected chi connectivity index (χ3v) is 10.6. The molecular formula is C34H35ClN6O2S. The molecular weight excluding hydrogens is 592 g/mol. The van der Waals surface area contributed by atoms with Crippen LogP contribution in [0.4, 0.5) is 5.69 Å². The molecule has 0 radical (unpaired) electrons. The van der Waals surface area contributed by atoms with Crippen LogP contribution in [0.5, 0.6) is 5.88 Å². The fourth-order valence-electron chi connectivity index (χ4n) is 6.68. The number of thioether (sulfide) groups is 1. The number of pyridine rings is 1. The number of anilines is 1. The van der Waals surface area contributed by atoms with Crippen LogP contribution in [0.25, 0.3) is 26.9 Å². The van der Waals surface area contributed by atoms with Crippen molar-refractivity contribution in [2.75, 3.05) is 57.0 Å². The number of hydrogen-bond acceptors (Lipinski definition) is 7. The van der Waals surface area contributed by atoms with Crippen LogP contribution in [0.1, 0.15) is 30.4 Å². The zero-order valence-corrected chi connectivity index (χ0v) is 26.5. The van der Waals surface area contributed by atoms with Crippen LogP contribution in [-0.4, -0.2) is 84.9 Å². The molecule has 226 valence electrons. The molecule has 1 aromatic heterocycles. The van der Waals surface area contributed by atoms with Gasteiger partial charge >= 0.3 is 0 Å². The number of nitrogens with zero attached hydrogens (tertiary/aromatic N) is 6. The Hall–Kier alpha value is -3.76. The number of fused-ring (bicyclic) bond motifs is 2. The summed E-state index contributed by atoms with van der Waals surface area (Å²) in [6.45, 7) is 14.1. The molecule has 3 aliphatic rings. The van der Waals surface area contributed by atoms with E-state index in [-0.39, 0.29) is 24.5 Å². The minimum atomic E-state index is -0.347. The van der Waals surface area contributed by atoms with Crippen molar-refractivity contribution in [2.45, 2.75) is 42.7 Å². The summed E-state index contributed by atoms with van der Waals surface area (Å²) >= 11 is 8.94. The first-order chi connectivity index (χ1) is 21.4. The Morgan fingerprint density at radius 2 is 2.14 bits per heavy atom. The maximum absolute atomic E-state index is 12.6.